The van der Waals surface area contributed by atoms with E-state index >= 15 is 0 Å². The fraction of sp³-hybridized carbons (Fsp3) is 0.143. The number of rotatable bonds is 2. The lowest BCUT2D eigenvalue weighted by atomic mass is 10.0. The maximum absolute atomic E-state index is 9.76. The molecule has 18 heavy (non-hydrogen) atoms. The molecule has 0 saturated carbocycles. The van der Waals surface area contributed by atoms with Gasteiger partial charge < -0.3 is 15.9 Å². The van der Waals surface area contributed by atoms with Gasteiger partial charge in [-0.15, -0.1) is 12.4 Å². The quantitative estimate of drug-likeness (QED) is 0.577. The van der Waals surface area contributed by atoms with Gasteiger partial charge in [0, 0.05) is 11.3 Å². The largest absolute Gasteiger partial charge is 0.507 e. The smallest absolute Gasteiger partial charge is 0.123 e. The van der Waals surface area contributed by atoms with Crippen LogP contribution in [-0.2, 0) is 0 Å². The molecule has 2 rings (SSSR count). The average Bonchev–Trinajstić information content (AvgIpc) is 2.32. The summed E-state index contributed by atoms with van der Waals surface area (Å²) in [6.07, 6.45) is -0.488. The van der Waals surface area contributed by atoms with E-state index in [1.165, 1.54) is 0 Å². The molecule has 0 bridgehead atoms. The van der Waals surface area contributed by atoms with Crippen LogP contribution < -0.4 is 5.73 Å². The molecule has 2 aromatic rings. The molecule has 96 valence electrons. The Labute approximate surface area is 112 Å². The van der Waals surface area contributed by atoms with Crippen LogP contribution in [-0.4, -0.2) is 10.2 Å². The van der Waals surface area contributed by atoms with Gasteiger partial charge in [0.25, 0.3) is 0 Å². The van der Waals surface area contributed by atoms with E-state index in [-0.39, 0.29) is 18.2 Å². The van der Waals surface area contributed by atoms with Crippen molar-refractivity contribution in [2.24, 2.45) is 0 Å². The summed E-state index contributed by atoms with van der Waals surface area (Å²) < 4.78 is 0. The summed E-state index contributed by atoms with van der Waals surface area (Å²) in [5.41, 5.74) is 8.72. The van der Waals surface area contributed by atoms with Crippen molar-refractivity contribution in [1.29, 1.82) is 0 Å². The lowest BCUT2D eigenvalue weighted by Gasteiger charge is -2.08. The summed E-state index contributed by atoms with van der Waals surface area (Å²) in [6.45, 7) is 1.72. The Kier molecular flexibility index (Phi) is 4.59. The lowest BCUT2D eigenvalue weighted by molar-refractivity contribution is 0.199. The standard InChI is InChI=1S/C14H15NO2.ClH/c1-9(16)10-2-4-11(5-3-10)13-8-12(15)6-7-14(13)17;/h2-9,16-17H,15H2,1H3;1H. The molecule has 0 aromatic heterocycles. The van der Waals surface area contributed by atoms with E-state index in [0.29, 0.717) is 11.3 Å². The van der Waals surface area contributed by atoms with E-state index in [4.69, 9.17) is 5.73 Å². The molecule has 0 fully saturated rings. The van der Waals surface area contributed by atoms with Crippen molar-refractivity contribution in [3.05, 3.63) is 48.0 Å². The third-order valence-electron chi connectivity index (χ3n) is 2.72. The van der Waals surface area contributed by atoms with Crippen molar-refractivity contribution >= 4 is 18.1 Å². The lowest BCUT2D eigenvalue weighted by Crippen LogP contribution is -1.91. The highest BCUT2D eigenvalue weighted by Gasteiger charge is 2.06. The van der Waals surface area contributed by atoms with Crippen molar-refractivity contribution < 1.29 is 10.2 Å². The minimum atomic E-state index is -0.488. The Morgan fingerprint density at radius 3 is 2.22 bits per heavy atom. The fourth-order valence-electron chi connectivity index (χ4n) is 1.73. The second kappa shape index (κ2) is 5.76. The molecule has 0 aliphatic rings. The molecule has 0 amide bonds. The maximum atomic E-state index is 9.76. The van der Waals surface area contributed by atoms with E-state index < -0.39 is 6.10 Å². The number of anilines is 1. The zero-order valence-electron chi connectivity index (χ0n) is 10.00. The molecule has 0 aliphatic carbocycles. The zero-order valence-corrected chi connectivity index (χ0v) is 10.8. The second-order valence-electron chi connectivity index (χ2n) is 4.07. The number of nitrogen functional groups attached to an aromatic ring is 1. The summed E-state index contributed by atoms with van der Waals surface area (Å²) in [4.78, 5) is 0. The minimum absolute atomic E-state index is 0. The fourth-order valence-corrected chi connectivity index (χ4v) is 1.73. The molecule has 0 radical (unpaired) electrons. The Morgan fingerprint density at radius 2 is 1.67 bits per heavy atom. The average molecular weight is 266 g/mol. The van der Waals surface area contributed by atoms with Gasteiger partial charge in [-0.2, -0.15) is 0 Å². The third kappa shape index (κ3) is 2.94. The molecule has 0 heterocycles. The first kappa shape index (κ1) is 14.4. The first-order valence-electron chi connectivity index (χ1n) is 5.45. The maximum Gasteiger partial charge on any atom is 0.123 e. The molecular weight excluding hydrogens is 250 g/mol. The van der Waals surface area contributed by atoms with Crippen molar-refractivity contribution in [3.8, 4) is 16.9 Å². The predicted octanol–water partition coefficient (Wildman–Crippen LogP) is 3.12. The van der Waals surface area contributed by atoms with Crippen LogP contribution in [0.2, 0.25) is 0 Å². The number of nitrogens with two attached hydrogens (primary N) is 1. The number of phenolic OH excluding ortho intramolecular Hbond substituents is 1. The molecular formula is C14H16ClNO2. The zero-order chi connectivity index (χ0) is 12.4. The van der Waals surface area contributed by atoms with Crippen molar-refractivity contribution in [2.45, 2.75) is 13.0 Å². The number of benzene rings is 2. The van der Waals surface area contributed by atoms with Gasteiger partial charge in [-0.05, 0) is 36.2 Å². The Bertz CT molecular complexity index is 524. The summed E-state index contributed by atoms with van der Waals surface area (Å²) in [6, 6.07) is 12.3. The van der Waals surface area contributed by atoms with Crippen LogP contribution >= 0.6 is 12.4 Å². The van der Waals surface area contributed by atoms with E-state index in [0.717, 1.165) is 11.1 Å². The van der Waals surface area contributed by atoms with E-state index in [1.807, 2.05) is 24.3 Å². The van der Waals surface area contributed by atoms with Crippen molar-refractivity contribution in [1.82, 2.24) is 0 Å². The summed E-state index contributed by atoms with van der Waals surface area (Å²) in [5.74, 6) is 0.198. The van der Waals surface area contributed by atoms with Gasteiger partial charge in [0.2, 0.25) is 0 Å². The number of hydrogen-bond acceptors (Lipinski definition) is 3. The normalized spacial score (nSPS) is 11.7. The van der Waals surface area contributed by atoms with E-state index in [1.54, 1.807) is 25.1 Å². The minimum Gasteiger partial charge on any atom is -0.507 e. The van der Waals surface area contributed by atoms with Crippen LogP contribution in [0, 0.1) is 0 Å². The summed E-state index contributed by atoms with van der Waals surface area (Å²) >= 11 is 0. The molecule has 1 atom stereocenters. The number of halogens is 1. The molecule has 4 N–H and O–H groups in total. The molecule has 4 heteroatoms. The van der Waals surface area contributed by atoms with Crippen LogP contribution in [0.1, 0.15) is 18.6 Å². The number of aliphatic hydroxyl groups excluding tert-OH is 1. The Hall–Kier alpha value is -1.71. The molecule has 0 saturated heterocycles. The van der Waals surface area contributed by atoms with Crippen molar-refractivity contribution in [3.63, 3.8) is 0 Å². The van der Waals surface area contributed by atoms with Crippen molar-refractivity contribution in [2.75, 3.05) is 5.73 Å². The van der Waals surface area contributed by atoms with Crippen LogP contribution in [0.5, 0.6) is 5.75 Å². The highest BCUT2D eigenvalue weighted by atomic mass is 35.5. The molecule has 0 aliphatic heterocycles. The molecule has 2 aromatic carbocycles. The molecule has 1 unspecified atom stereocenters. The number of hydrogen-bond donors (Lipinski definition) is 3. The van der Waals surface area contributed by atoms with Gasteiger partial charge in [0.1, 0.15) is 5.75 Å². The van der Waals surface area contributed by atoms with Gasteiger partial charge in [-0.1, -0.05) is 24.3 Å². The topological polar surface area (TPSA) is 66.5 Å². The number of aromatic hydroxyl groups is 1. The summed E-state index contributed by atoms with van der Waals surface area (Å²) in [5, 5.41) is 19.2. The first-order valence-corrected chi connectivity index (χ1v) is 5.45. The predicted molar refractivity (Wildman–Crippen MR) is 75.8 cm³/mol. The number of aliphatic hydroxyl groups is 1. The number of phenols is 1. The van der Waals surface area contributed by atoms with Gasteiger partial charge in [-0.3, -0.25) is 0 Å². The SMILES string of the molecule is CC(O)c1ccc(-c2cc(N)ccc2O)cc1.Cl. The first-order chi connectivity index (χ1) is 8.08. The van der Waals surface area contributed by atoms with Crippen LogP contribution in [0.3, 0.4) is 0 Å². The van der Waals surface area contributed by atoms with Gasteiger partial charge in [-0.25, -0.2) is 0 Å². The van der Waals surface area contributed by atoms with Gasteiger partial charge >= 0.3 is 0 Å². The highest BCUT2D eigenvalue weighted by molar-refractivity contribution is 5.85. The Balaban J connectivity index is 0.00000162. The van der Waals surface area contributed by atoms with Gasteiger partial charge in [0.05, 0.1) is 6.10 Å². The molecule has 3 nitrogen and oxygen atoms in total. The monoisotopic (exact) mass is 265 g/mol. The second-order valence-corrected chi connectivity index (χ2v) is 4.07. The summed E-state index contributed by atoms with van der Waals surface area (Å²) in [7, 11) is 0. The van der Waals surface area contributed by atoms with Crippen LogP contribution in [0.25, 0.3) is 11.1 Å². The Morgan fingerprint density at radius 1 is 1.06 bits per heavy atom. The molecule has 0 spiro atoms. The third-order valence-corrected chi connectivity index (χ3v) is 2.72. The van der Waals surface area contributed by atoms with Crippen LogP contribution in [0.4, 0.5) is 5.69 Å². The van der Waals surface area contributed by atoms with E-state index in [9.17, 15) is 10.2 Å². The highest BCUT2D eigenvalue weighted by Crippen LogP contribution is 2.31. The van der Waals surface area contributed by atoms with E-state index in [2.05, 4.69) is 0 Å². The van der Waals surface area contributed by atoms with Crippen LogP contribution in [0.15, 0.2) is 42.5 Å². The van der Waals surface area contributed by atoms with Gasteiger partial charge in [0.15, 0.2) is 0 Å².